The normalized spacial score (nSPS) is 25.9. The summed E-state index contributed by atoms with van der Waals surface area (Å²) in [5.74, 6) is 0. The van der Waals surface area contributed by atoms with E-state index in [0.717, 1.165) is 25.7 Å². The van der Waals surface area contributed by atoms with Crippen LogP contribution in [0, 0.1) is 0 Å². The van der Waals surface area contributed by atoms with Gasteiger partial charge in [0.05, 0.1) is 0 Å². The second kappa shape index (κ2) is 10.1. The van der Waals surface area contributed by atoms with Gasteiger partial charge in [0.1, 0.15) is 7.57 Å². The lowest BCUT2D eigenvalue weighted by molar-refractivity contribution is 0.879. The molecule has 160 valence electrons. The molecule has 4 rings (SSSR count). The van der Waals surface area contributed by atoms with Crippen molar-refractivity contribution >= 4 is 66.8 Å². The topological polar surface area (TPSA) is 0 Å². The molecular formula is C26H22Br2Cl2S. The molecule has 5 heteroatoms. The number of benzene rings is 2. The first kappa shape index (κ1) is 23.4. The van der Waals surface area contributed by atoms with Crippen molar-refractivity contribution in [2.24, 2.45) is 0 Å². The molecule has 31 heavy (non-hydrogen) atoms. The summed E-state index contributed by atoms with van der Waals surface area (Å²) in [6.07, 6.45) is 11.7. The first-order valence-corrected chi connectivity index (χ1v) is 13.3. The van der Waals surface area contributed by atoms with E-state index in [9.17, 15) is 0 Å². The first-order chi connectivity index (χ1) is 14.8. The maximum atomic E-state index is 6.65. The van der Waals surface area contributed by atoms with Crippen molar-refractivity contribution in [1.29, 1.82) is 0 Å². The predicted octanol–water partition coefficient (Wildman–Crippen LogP) is 9.29. The van der Waals surface area contributed by atoms with Gasteiger partial charge in [-0.1, -0.05) is 116 Å². The van der Waals surface area contributed by atoms with Gasteiger partial charge in [-0.2, -0.15) is 0 Å². The Morgan fingerprint density at radius 2 is 1.06 bits per heavy atom. The summed E-state index contributed by atoms with van der Waals surface area (Å²) < 4.78 is -1.04. The van der Waals surface area contributed by atoms with Crippen LogP contribution in [0.4, 0.5) is 0 Å². The molecule has 0 saturated carbocycles. The average molecular weight is 597 g/mol. The molecule has 2 unspecified atom stereocenters. The Labute approximate surface area is 215 Å². The van der Waals surface area contributed by atoms with Crippen LogP contribution in [-0.2, 0) is 12.8 Å². The SMILES string of the molecule is ClC1(Br)C=CC(SC2=C(Cc3ccccc3)CC(Cl)(Br)C=C2)=C(Cc2ccccc2)C1. The lowest BCUT2D eigenvalue weighted by Gasteiger charge is -2.28. The zero-order chi connectivity index (χ0) is 21.9. The lowest BCUT2D eigenvalue weighted by Crippen LogP contribution is -2.16. The van der Waals surface area contributed by atoms with Gasteiger partial charge in [-0.15, -0.1) is 23.2 Å². The minimum Gasteiger partial charge on any atom is -0.102 e. The minimum atomic E-state index is -0.522. The van der Waals surface area contributed by atoms with Crippen molar-refractivity contribution < 1.29 is 0 Å². The van der Waals surface area contributed by atoms with Crippen molar-refractivity contribution in [2.45, 2.75) is 33.3 Å². The minimum absolute atomic E-state index is 0.522. The van der Waals surface area contributed by atoms with E-state index in [1.165, 1.54) is 32.1 Å². The molecule has 2 aliphatic rings. The van der Waals surface area contributed by atoms with Crippen LogP contribution < -0.4 is 0 Å². The second-order valence-corrected chi connectivity index (χ2v) is 14.1. The highest BCUT2D eigenvalue weighted by molar-refractivity contribution is 9.10. The molecule has 2 aromatic carbocycles. The summed E-state index contributed by atoms with van der Waals surface area (Å²) in [6.45, 7) is 0. The molecule has 2 atom stereocenters. The summed E-state index contributed by atoms with van der Waals surface area (Å²) in [5.41, 5.74) is 5.27. The summed E-state index contributed by atoms with van der Waals surface area (Å²) >= 11 is 22.4. The van der Waals surface area contributed by atoms with Crippen LogP contribution in [0.5, 0.6) is 0 Å². The molecule has 0 nitrogen and oxygen atoms in total. The van der Waals surface area contributed by atoms with Crippen LogP contribution in [0.25, 0.3) is 0 Å². The van der Waals surface area contributed by atoms with Crippen molar-refractivity contribution in [1.82, 2.24) is 0 Å². The Bertz CT molecular complexity index is 966. The third kappa shape index (κ3) is 6.65. The predicted molar refractivity (Wildman–Crippen MR) is 144 cm³/mol. The van der Waals surface area contributed by atoms with Gasteiger partial charge in [0, 0.05) is 22.7 Å². The van der Waals surface area contributed by atoms with E-state index in [1.807, 2.05) is 23.9 Å². The Morgan fingerprint density at radius 3 is 1.45 bits per heavy atom. The molecule has 2 aromatic rings. The first-order valence-electron chi connectivity index (χ1n) is 10.1. The van der Waals surface area contributed by atoms with E-state index in [-0.39, 0.29) is 0 Å². The summed E-state index contributed by atoms with van der Waals surface area (Å²) in [7, 11) is 0. The fraction of sp³-hybridized carbons (Fsp3) is 0.231. The fourth-order valence-electron chi connectivity index (χ4n) is 3.81. The molecule has 0 saturated heterocycles. The van der Waals surface area contributed by atoms with Crippen molar-refractivity contribution in [3.63, 3.8) is 0 Å². The maximum absolute atomic E-state index is 6.65. The maximum Gasteiger partial charge on any atom is 0.121 e. The zero-order valence-electron chi connectivity index (χ0n) is 16.8. The van der Waals surface area contributed by atoms with E-state index < -0.39 is 7.57 Å². The van der Waals surface area contributed by atoms with Gasteiger partial charge in [0.25, 0.3) is 0 Å². The van der Waals surface area contributed by atoms with Crippen LogP contribution in [0.1, 0.15) is 24.0 Å². The Morgan fingerprint density at radius 1 is 0.677 bits per heavy atom. The number of thioether (sulfide) groups is 1. The lowest BCUT2D eigenvalue weighted by atomic mass is 9.97. The van der Waals surface area contributed by atoms with Gasteiger partial charge < -0.3 is 0 Å². The molecule has 0 fully saturated rings. The number of hydrogen-bond acceptors (Lipinski definition) is 1. The Hall–Kier alpha value is -0.710. The third-order valence-electron chi connectivity index (χ3n) is 5.29. The van der Waals surface area contributed by atoms with Crippen LogP contribution in [0.2, 0.25) is 0 Å². The molecule has 0 bridgehead atoms. The monoisotopic (exact) mass is 594 g/mol. The van der Waals surface area contributed by atoms with Gasteiger partial charge in [-0.25, -0.2) is 0 Å². The van der Waals surface area contributed by atoms with Crippen LogP contribution in [0.15, 0.2) is 106 Å². The highest BCUT2D eigenvalue weighted by Gasteiger charge is 2.30. The molecule has 0 amide bonds. The molecular weight excluding hydrogens is 575 g/mol. The molecule has 0 radical (unpaired) electrons. The van der Waals surface area contributed by atoms with Gasteiger partial charge in [0.2, 0.25) is 0 Å². The molecule has 0 spiro atoms. The van der Waals surface area contributed by atoms with Gasteiger partial charge >= 0.3 is 0 Å². The number of rotatable bonds is 6. The number of hydrogen-bond donors (Lipinski definition) is 0. The van der Waals surface area contributed by atoms with Gasteiger partial charge in [0.15, 0.2) is 0 Å². The average Bonchev–Trinajstić information content (AvgIpc) is 2.72. The fourth-order valence-corrected chi connectivity index (χ4v) is 6.28. The van der Waals surface area contributed by atoms with Gasteiger partial charge in [-0.3, -0.25) is 0 Å². The molecule has 0 heterocycles. The van der Waals surface area contributed by atoms with Crippen LogP contribution in [-0.4, -0.2) is 7.57 Å². The summed E-state index contributed by atoms with van der Waals surface area (Å²) in [4.78, 5) is 2.53. The largest absolute Gasteiger partial charge is 0.121 e. The molecule has 0 aromatic heterocycles. The van der Waals surface area contributed by atoms with E-state index >= 15 is 0 Å². The van der Waals surface area contributed by atoms with E-state index in [4.69, 9.17) is 23.2 Å². The number of allylic oxidation sites excluding steroid dienone is 6. The van der Waals surface area contributed by atoms with Crippen LogP contribution >= 0.6 is 66.8 Å². The molecule has 0 N–H and O–H groups in total. The summed E-state index contributed by atoms with van der Waals surface area (Å²) in [5, 5.41) is 0. The standard InChI is InChI=1S/C26H22Br2Cl2S/c27-25(29)13-11-23(21(17-25)15-19-7-3-1-4-8-19)31-24-12-14-26(28,30)18-22(24)16-20-9-5-2-6-10-20/h1-14H,15-18H2. The Balaban J connectivity index is 1.66. The highest BCUT2D eigenvalue weighted by atomic mass is 79.9. The molecule has 0 aliphatic heterocycles. The zero-order valence-corrected chi connectivity index (χ0v) is 22.3. The van der Waals surface area contributed by atoms with Crippen molar-refractivity contribution in [2.75, 3.05) is 0 Å². The Kier molecular flexibility index (Phi) is 7.60. The van der Waals surface area contributed by atoms with Crippen molar-refractivity contribution in [3.8, 4) is 0 Å². The quantitative estimate of drug-likeness (QED) is 0.299. The van der Waals surface area contributed by atoms with Crippen LogP contribution in [0.3, 0.4) is 0 Å². The van der Waals surface area contributed by atoms with E-state index in [1.54, 1.807) is 0 Å². The van der Waals surface area contributed by atoms with E-state index in [2.05, 4.69) is 105 Å². The van der Waals surface area contributed by atoms with E-state index in [0.29, 0.717) is 0 Å². The smallest absolute Gasteiger partial charge is 0.102 e. The number of halogens is 4. The van der Waals surface area contributed by atoms with Gasteiger partial charge in [-0.05, 0) is 47.3 Å². The number of alkyl halides is 4. The third-order valence-corrected chi connectivity index (χ3v) is 8.19. The van der Waals surface area contributed by atoms with Crippen molar-refractivity contribution in [3.05, 3.63) is 117 Å². The second-order valence-electron chi connectivity index (χ2n) is 7.90. The highest BCUT2D eigenvalue weighted by Crippen LogP contribution is 2.47. The molecule has 2 aliphatic carbocycles. The summed E-state index contributed by atoms with van der Waals surface area (Å²) in [6, 6.07) is 21.1.